The van der Waals surface area contributed by atoms with Crippen molar-refractivity contribution >= 4 is 40.7 Å². The number of aromatic nitrogens is 3. The molecule has 2 heterocycles. The van der Waals surface area contributed by atoms with Crippen LogP contribution >= 0.6 is 35.0 Å². The third-order valence-corrected chi connectivity index (χ3v) is 4.54. The zero-order valence-electron chi connectivity index (χ0n) is 11.0. The van der Waals surface area contributed by atoms with Crippen molar-refractivity contribution in [3.63, 3.8) is 0 Å². The minimum absolute atomic E-state index is 0.390. The molecule has 2 aromatic rings. The fraction of sp³-hybridized carbons (Fsp3) is 0.308. The Balaban J connectivity index is 2.14. The molecule has 0 radical (unpaired) electrons. The number of hydrogen-bond donors (Lipinski definition) is 0. The maximum atomic E-state index is 6.23. The molecule has 0 aliphatic carbocycles. The molecule has 0 amide bonds. The Morgan fingerprint density at radius 2 is 2.05 bits per heavy atom. The molecule has 20 heavy (non-hydrogen) atoms. The van der Waals surface area contributed by atoms with Gasteiger partial charge in [-0.05, 0) is 24.1 Å². The molecule has 0 unspecified atom stereocenters. The van der Waals surface area contributed by atoms with E-state index < -0.39 is 0 Å². The molecule has 4 nitrogen and oxygen atoms in total. The van der Waals surface area contributed by atoms with Gasteiger partial charge >= 0.3 is 0 Å². The highest BCUT2D eigenvalue weighted by Crippen LogP contribution is 2.33. The lowest BCUT2D eigenvalue weighted by molar-refractivity contribution is 0.736. The molecule has 0 saturated heterocycles. The summed E-state index contributed by atoms with van der Waals surface area (Å²) in [6.45, 7) is 4.25. The molecule has 0 saturated carbocycles. The van der Waals surface area contributed by atoms with Gasteiger partial charge in [-0.2, -0.15) is 9.78 Å². The zero-order chi connectivity index (χ0) is 14.3. The summed E-state index contributed by atoms with van der Waals surface area (Å²) in [5.41, 5.74) is 1.86. The van der Waals surface area contributed by atoms with Gasteiger partial charge in [0.15, 0.2) is 5.82 Å². The molecule has 1 aromatic heterocycles. The summed E-state index contributed by atoms with van der Waals surface area (Å²) in [5, 5.41) is 15.0. The Hall–Kier alpha value is -1.04. The van der Waals surface area contributed by atoms with E-state index in [1.807, 2.05) is 0 Å². The van der Waals surface area contributed by atoms with E-state index in [0.717, 1.165) is 22.2 Å². The van der Waals surface area contributed by atoms with Crippen LogP contribution < -0.4 is 0 Å². The first-order valence-electron chi connectivity index (χ1n) is 6.17. The molecule has 7 heteroatoms. The van der Waals surface area contributed by atoms with E-state index in [1.54, 1.807) is 34.6 Å². The summed E-state index contributed by atoms with van der Waals surface area (Å²) in [6.07, 6.45) is 0. The lowest BCUT2D eigenvalue weighted by Gasteiger charge is -2.16. The highest BCUT2D eigenvalue weighted by atomic mass is 35.5. The SMILES string of the molecule is CC(C)C1=Nn2c(nnc2-c2cc(Cl)ccc2Cl)SC1. The van der Waals surface area contributed by atoms with Gasteiger partial charge in [-0.3, -0.25) is 0 Å². The van der Waals surface area contributed by atoms with Gasteiger partial charge in [-0.1, -0.05) is 48.8 Å². The molecule has 0 fully saturated rings. The number of hydrogen-bond acceptors (Lipinski definition) is 4. The first-order valence-corrected chi connectivity index (χ1v) is 7.92. The predicted octanol–water partition coefficient (Wildman–Crippen LogP) is 4.22. The normalized spacial score (nSPS) is 14.3. The molecule has 1 aromatic carbocycles. The molecule has 0 spiro atoms. The highest BCUT2D eigenvalue weighted by molar-refractivity contribution is 7.99. The van der Waals surface area contributed by atoms with E-state index in [4.69, 9.17) is 23.2 Å². The Morgan fingerprint density at radius 3 is 2.80 bits per heavy atom. The molecule has 104 valence electrons. The van der Waals surface area contributed by atoms with Gasteiger partial charge in [-0.15, -0.1) is 10.2 Å². The van der Waals surface area contributed by atoms with E-state index in [0.29, 0.717) is 21.8 Å². The Kier molecular flexibility index (Phi) is 3.75. The van der Waals surface area contributed by atoms with Crippen molar-refractivity contribution in [3.8, 4) is 11.4 Å². The van der Waals surface area contributed by atoms with Crippen molar-refractivity contribution in [2.75, 3.05) is 5.75 Å². The third-order valence-electron chi connectivity index (χ3n) is 3.03. The van der Waals surface area contributed by atoms with Crippen LogP contribution in [-0.2, 0) is 0 Å². The summed E-state index contributed by atoms with van der Waals surface area (Å²) in [6, 6.07) is 5.29. The van der Waals surface area contributed by atoms with E-state index >= 15 is 0 Å². The van der Waals surface area contributed by atoms with E-state index in [2.05, 4.69) is 29.1 Å². The first-order chi connectivity index (χ1) is 9.56. The molecular formula is C13H12Cl2N4S. The molecule has 0 bridgehead atoms. The monoisotopic (exact) mass is 326 g/mol. The van der Waals surface area contributed by atoms with Gasteiger partial charge in [0.2, 0.25) is 5.16 Å². The van der Waals surface area contributed by atoms with Crippen molar-refractivity contribution in [2.45, 2.75) is 19.0 Å². The molecule has 3 rings (SSSR count). The van der Waals surface area contributed by atoms with Crippen molar-refractivity contribution in [1.29, 1.82) is 0 Å². The van der Waals surface area contributed by atoms with Gasteiger partial charge in [0, 0.05) is 16.3 Å². The smallest absolute Gasteiger partial charge is 0.187 e. The Morgan fingerprint density at radius 1 is 1.25 bits per heavy atom. The van der Waals surface area contributed by atoms with Crippen molar-refractivity contribution in [2.24, 2.45) is 11.0 Å². The lowest BCUT2D eigenvalue weighted by Crippen LogP contribution is -2.17. The standard InChI is InChI=1S/C13H12Cl2N4S/c1-7(2)11-6-20-13-17-16-12(19(13)18-11)9-5-8(14)3-4-10(9)15/h3-5,7H,6H2,1-2H3. The average Bonchev–Trinajstić information content (AvgIpc) is 2.84. The highest BCUT2D eigenvalue weighted by Gasteiger charge is 2.22. The maximum Gasteiger partial charge on any atom is 0.212 e. The van der Waals surface area contributed by atoms with Gasteiger partial charge in [0.1, 0.15) is 0 Å². The average molecular weight is 327 g/mol. The second-order valence-electron chi connectivity index (χ2n) is 4.78. The van der Waals surface area contributed by atoms with Gasteiger partial charge in [0.05, 0.1) is 10.7 Å². The van der Waals surface area contributed by atoms with Gasteiger partial charge in [-0.25, -0.2) is 0 Å². The molecular weight excluding hydrogens is 315 g/mol. The number of rotatable bonds is 2. The van der Waals surface area contributed by atoms with Crippen LogP contribution in [0.2, 0.25) is 10.0 Å². The maximum absolute atomic E-state index is 6.23. The largest absolute Gasteiger partial charge is 0.212 e. The van der Waals surface area contributed by atoms with Crippen LogP contribution in [0.4, 0.5) is 0 Å². The molecule has 0 atom stereocenters. The van der Waals surface area contributed by atoms with Crippen LogP contribution in [0.25, 0.3) is 11.4 Å². The minimum Gasteiger partial charge on any atom is -0.187 e. The van der Waals surface area contributed by atoms with Gasteiger partial charge in [0.25, 0.3) is 0 Å². The number of benzene rings is 1. The van der Waals surface area contributed by atoms with Crippen LogP contribution in [0.5, 0.6) is 0 Å². The van der Waals surface area contributed by atoms with E-state index in [-0.39, 0.29) is 0 Å². The quantitative estimate of drug-likeness (QED) is 0.829. The molecule has 1 aliphatic rings. The Bertz CT molecular complexity index is 694. The van der Waals surface area contributed by atoms with Crippen LogP contribution in [0, 0.1) is 5.92 Å². The summed E-state index contributed by atoms with van der Waals surface area (Å²) in [4.78, 5) is 0. The summed E-state index contributed by atoms with van der Waals surface area (Å²) in [5.74, 6) is 1.86. The van der Waals surface area contributed by atoms with Crippen LogP contribution in [-0.4, -0.2) is 26.3 Å². The lowest BCUT2D eigenvalue weighted by atomic mass is 10.1. The number of thioether (sulfide) groups is 1. The minimum atomic E-state index is 0.390. The zero-order valence-corrected chi connectivity index (χ0v) is 13.3. The molecule has 1 aliphatic heterocycles. The number of halogens is 2. The first kappa shape index (κ1) is 13.9. The molecule has 0 N–H and O–H groups in total. The second-order valence-corrected chi connectivity index (χ2v) is 6.56. The van der Waals surface area contributed by atoms with Crippen molar-refractivity contribution < 1.29 is 0 Å². The summed E-state index contributed by atoms with van der Waals surface area (Å²) < 4.78 is 1.75. The fourth-order valence-corrected chi connectivity index (χ4v) is 3.25. The third kappa shape index (κ3) is 2.45. The number of nitrogens with zero attached hydrogens (tertiary/aromatic N) is 4. The second kappa shape index (κ2) is 5.39. The van der Waals surface area contributed by atoms with Crippen LogP contribution in [0.15, 0.2) is 28.5 Å². The fourth-order valence-electron chi connectivity index (χ4n) is 1.86. The summed E-state index contributed by atoms with van der Waals surface area (Å²) in [7, 11) is 0. The van der Waals surface area contributed by atoms with Crippen LogP contribution in [0.3, 0.4) is 0 Å². The summed E-state index contributed by atoms with van der Waals surface area (Å²) >= 11 is 13.9. The number of fused-ring (bicyclic) bond motifs is 1. The van der Waals surface area contributed by atoms with Crippen molar-refractivity contribution in [3.05, 3.63) is 28.2 Å². The van der Waals surface area contributed by atoms with Gasteiger partial charge < -0.3 is 0 Å². The van der Waals surface area contributed by atoms with Crippen molar-refractivity contribution in [1.82, 2.24) is 14.9 Å². The topological polar surface area (TPSA) is 43.1 Å². The predicted molar refractivity (Wildman–Crippen MR) is 83.9 cm³/mol. The van der Waals surface area contributed by atoms with Crippen LogP contribution in [0.1, 0.15) is 13.8 Å². The van der Waals surface area contributed by atoms with E-state index in [9.17, 15) is 0 Å². The Labute approximate surface area is 131 Å². The van der Waals surface area contributed by atoms with E-state index in [1.165, 1.54) is 0 Å².